The van der Waals surface area contributed by atoms with Gasteiger partial charge in [0.2, 0.25) is 0 Å². The number of ether oxygens (including phenoxy) is 1. The summed E-state index contributed by atoms with van der Waals surface area (Å²) in [7, 11) is 1.85. The molecule has 1 fully saturated rings. The van der Waals surface area contributed by atoms with Crippen LogP contribution in [-0.4, -0.2) is 70.2 Å². The largest absolute Gasteiger partial charge is 0.508 e. The van der Waals surface area contributed by atoms with E-state index in [9.17, 15) is 19.1 Å². The Labute approximate surface area is 295 Å². The number of aromatic nitrogens is 1. The normalized spacial score (nSPS) is 16.2. The number of morpholine rings is 1. The summed E-state index contributed by atoms with van der Waals surface area (Å²) in [5.74, 6) is -0.949. The third-order valence-electron chi connectivity index (χ3n) is 9.82. The zero-order valence-electron chi connectivity index (χ0n) is 28.0. The van der Waals surface area contributed by atoms with Crippen LogP contribution < -0.4 is 4.90 Å². The van der Waals surface area contributed by atoms with Crippen LogP contribution in [0.15, 0.2) is 97.1 Å². The van der Waals surface area contributed by atoms with Crippen LogP contribution in [0.1, 0.15) is 37.5 Å². The number of aromatic hydroxyl groups is 1. The molecule has 10 heteroatoms. The van der Waals surface area contributed by atoms with E-state index in [0.29, 0.717) is 64.2 Å². The van der Waals surface area contributed by atoms with Crippen molar-refractivity contribution >= 4 is 34.8 Å². The molecule has 0 radical (unpaired) electrons. The maximum atomic E-state index is 14.7. The fraction of sp³-hybridized carbons (Fsp3) is 0.250. The molecule has 2 aliphatic heterocycles. The quantitative estimate of drug-likeness (QED) is 0.193. The molecule has 0 saturated carbocycles. The topological polar surface area (TPSA) is 78.2 Å². The smallest absolute Gasteiger partial charge is 0.264 e. The minimum Gasteiger partial charge on any atom is -0.508 e. The van der Waals surface area contributed by atoms with Crippen molar-refractivity contribution in [1.29, 1.82) is 0 Å². The predicted molar refractivity (Wildman–Crippen MR) is 193 cm³/mol. The molecule has 0 aliphatic carbocycles. The van der Waals surface area contributed by atoms with Crippen LogP contribution >= 0.6 is 11.6 Å². The van der Waals surface area contributed by atoms with Gasteiger partial charge >= 0.3 is 0 Å². The van der Waals surface area contributed by atoms with E-state index in [2.05, 4.69) is 17.0 Å². The summed E-state index contributed by atoms with van der Waals surface area (Å²) in [4.78, 5) is 35.0. The van der Waals surface area contributed by atoms with Crippen molar-refractivity contribution in [3.63, 3.8) is 0 Å². The first kappa shape index (κ1) is 33.5. The maximum Gasteiger partial charge on any atom is 0.264 e. The molecule has 4 aromatic carbocycles. The van der Waals surface area contributed by atoms with Gasteiger partial charge in [-0.2, -0.15) is 0 Å². The number of amides is 2. The zero-order valence-corrected chi connectivity index (χ0v) is 28.7. The Balaban J connectivity index is 1.28. The molecule has 2 aliphatic rings. The summed E-state index contributed by atoms with van der Waals surface area (Å²) >= 11 is 6.60. The second kappa shape index (κ2) is 14.1. The third kappa shape index (κ3) is 6.64. The molecule has 7 rings (SSSR count). The lowest BCUT2D eigenvalue weighted by Gasteiger charge is -2.40. The van der Waals surface area contributed by atoms with Gasteiger partial charge in [0.1, 0.15) is 11.6 Å². The number of rotatable bonds is 7. The molecular weight excluding hydrogens is 655 g/mol. The Kier molecular flexibility index (Phi) is 9.46. The van der Waals surface area contributed by atoms with Gasteiger partial charge in [0, 0.05) is 72.5 Å². The molecule has 256 valence electrons. The summed E-state index contributed by atoms with van der Waals surface area (Å²) in [6.07, 6.45) is 0.747. The number of phenolic OH excluding ortho intramolecular Hbond substituents is 1. The number of hydrogen-bond donors (Lipinski definition) is 1. The lowest BCUT2D eigenvalue weighted by Crippen LogP contribution is -2.52. The molecule has 1 N–H and O–H groups in total. The van der Waals surface area contributed by atoms with E-state index in [-0.39, 0.29) is 17.7 Å². The van der Waals surface area contributed by atoms with Crippen molar-refractivity contribution in [3.05, 3.63) is 136 Å². The molecule has 2 amide bonds. The van der Waals surface area contributed by atoms with Crippen molar-refractivity contribution < 1.29 is 23.8 Å². The van der Waals surface area contributed by atoms with Crippen LogP contribution in [-0.2, 0) is 24.8 Å². The van der Waals surface area contributed by atoms with Crippen molar-refractivity contribution in [3.8, 4) is 17.0 Å². The minimum absolute atomic E-state index is 0.0427. The third-order valence-corrected chi connectivity index (χ3v) is 10.1. The first-order chi connectivity index (χ1) is 24.2. The highest BCUT2D eigenvalue weighted by Crippen LogP contribution is 2.36. The van der Waals surface area contributed by atoms with Crippen LogP contribution in [0.4, 0.5) is 15.8 Å². The van der Waals surface area contributed by atoms with Gasteiger partial charge in [-0.3, -0.25) is 19.4 Å². The Morgan fingerprint density at radius 3 is 2.38 bits per heavy atom. The van der Waals surface area contributed by atoms with Crippen molar-refractivity contribution in [1.82, 2.24) is 14.4 Å². The minimum atomic E-state index is -0.487. The van der Waals surface area contributed by atoms with E-state index >= 15 is 0 Å². The Hall–Kier alpha value is -4.96. The Bertz CT molecular complexity index is 2060. The highest BCUT2D eigenvalue weighted by Gasteiger charge is 2.34. The second-order valence-corrected chi connectivity index (χ2v) is 13.3. The molecule has 0 unspecified atom stereocenters. The number of fused-ring (bicyclic) bond motifs is 1. The molecule has 0 spiro atoms. The molecule has 8 nitrogen and oxygen atoms in total. The Morgan fingerprint density at radius 2 is 1.64 bits per heavy atom. The van der Waals surface area contributed by atoms with E-state index in [1.807, 2.05) is 35.6 Å². The summed E-state index contributed by atoms with van der Waals surface area (Å²) in [6, 6.07) is 27.3. The fourth-order valence-corrected chi connectivity index (χ4v) is 7.21. The average molecular weight is 693 g/mol. The van der Waals surface area contributed by atoms with E-state index < -0.39 is 11.7 Å². The maximum absolute atomic E-state index is 14.7. The summed E-state index contributed by atoms with van der Waals surface area (Å²) in [5, 5.41) is 10.4. The predicted octanol–water partition coefficient (Wildman–Crippen LogP) is 7.38. The number of phenols is 1. The zero-order chi connectivity index (χ0) is 34.9. The SMILES string of the molecule is Cc1c(C(=O)N(c2ccc(O)cc2)c2cccc(F)c2)cc(-c2cc(Cl)ccc2C(=O)N2Cc3ccccc3C[C@H]2CN2CCOCC2)n1C. The van der Waals surface area contributed by atoms with E-state index in [1.54, 1.807) is 48.5 Å². The highest BCUT2D eigenvalue weighted by molar-refractivity contribution is 6.31. The number of anilines is 2. The monoisotopic (exact) mass is 692 g/mol. The van der Waals surface area contributed by atoms with Crippen LogP contribution in [0.3, 0.4) is 0 Å². The van der Waals surface area contributed by atoms with E-state index in [4.69, 9.17) is 16.3 Å². The Morgan fingerprint density at radius 1 is 0.900 bits per heavy atom. The van der Waals surface area contributed by atoms with Gasteiger partial charge in [-0.05, 0) is 91.2 Å². The molecule has 1 saturated heterocycles. The fourth-order valence-electron chi connectivity index (χ4n) is 7.03. The van der Waals surface area contributed by atoms with Gasteiger partial charge in [-0.15, -0.1) is 0 Å². The number of nitrogens with zero attached hydrogens (tertiary/aromatic N) is 4. The van der Waals surface area contributed by atoms with Gasteiger partial charge in [-0.1, -0.05) is 41.9 Å². The summed E-state index contributed by atoms with van der Waals surface area (Å²) in [5.41, 5.74) is 5.94. The van der Waals surface area contributed by atoms with Gasteiger partial charge in [0.25, 0.3) is 11.8 Å². The van der Waals surface area contributed by atoms with Gasteiger partial charge in [0.05, 0.1) is 24.5 Å². The summed E-state index contributed by atoms with van der Waals surface area (Å²) in [6.45, 7) is 6.05. The van der Waals surface area contributed by atoms with Crippen LogP contribution in [0, 0.1) is 12.7 Å². The molecule has 1 atom stereocenters. The molecule has 50 heavy (non-hydrogen) atoms. The average Bonchev–Trinajstić information content (AvgIpc) is 3.42. The molecule has 1 aromatic heterocycles. The molecule has 5 aromatic rings. The second-order valence-electron chi connectivity index (χ2n) is 12.9. The molecule has 3 heterocycles. The standard InChI is InChI=1S/C40H38ClFN4O4/c1-26-36(40(49)46(31-11-13-34(47)14-12-31)32-9-5-8-30(42)22-32)23-38(43(26)2)37-21-29(41)10-15-35(37)39(48)45-24-28-7-4-3-6-27(28)20-33(45)25-44-16-18-50-19-17-44/h3-15,21-23,33,47H,16-20,24-25H2,1-2H3/t33-/m0/s1. The van der Waals surface area contributed by atoms with Gasteiger partial charge in [-0.25, -0.2) is 4.39 Å². The molecular formula is C40H38ClFN4O4. The molecule has 0 bridgehead atoms. The van der Waals surface area contributed by atoms with Gasteiger partial charge < -0.3 is 19.3 Å². The van der Waals surface area contributed by atoms with Crippen molar-refractivity contribution in [2.24, 2.45) is 7.05 Å². The van der Waals surface area contributed by atoms with Gasteiger partial charge in [0.15, 0.2) is 0 Å². The van der Waals surface area contributed by atoms with Crippen molar-refractivity contribution in [2.75, 3.05) is 37.7 Å². The number of carbonyl (C=O) groups is 2. The number of carbonyl (C=O) groups excluding carboxylic acids is 2. The van der Waals surface area contributed by atoms with Crippen LogP contribution in [0.25, 0.3) is 11.3 Å². The first-order valence-electron chi connectivity index (χ1n) is 16.7. The highest BCUT2D eigenvalue weighted by atomic mass is 35.5. The lowest BCUT2D eigenvalue weighted by molar-refractivity contribution is 0.0193. The van der Waals surface area contributed by atoms with Crippen LogP contribution in [0.2, 0.25) is 5.02 Å². The number of benzene rings is 4. The van der Waals surface area contributed by atoms with E-state index in [1.165, 1.54) is 34.7 Å². The lowest BCUT2D eigenvalue weighted by atomic mass is 9.92. The number of halogens is 2. The van der Waals surface area contributed by atoms with Crippen LogP contribution in [0.5, 0.6) is 5.75 Å². The number of hydrogen-bond acceptors (Lipinski definition) is 5. The van der Waals surface area contributed by atoms with Crippen molar-refractivity contribution in [2.45, 2.75) is 25.9 Å². The first-order valence-corrected chi connectivity index (χ1v) is 17.1. The summed E-state index contributed by atoms with van der Waals surface area (Å²) < 4.78 is 21.9. The van der Waals surface area contributed by atoms with E-state index in [0.717, 1.165) is 31.6 Å².